The van der Waals surface area contributed by atoms with Gasteiger partial charge in [-0.05, 0) is 48.0 Å². The lowest BCUT2D eigenvalue weighted by atomic mass is 10.1. The van der Waals surface area contributed by atoms with Crippen molar-refractivity contribution in [2.75, 3.05) is 5.32 Å². The van der Waals surface area contributed by atoms with Crippen LogP contribution >= 0.6 is 0 Å². The van der Waals surface area contributed by atoms with Crippen LogP contribution in [0.25, 0.3) is 0 Å². The maximum Gasteiger partial charge on any atom is 0.308 e. The molecule has 0 aromatic heterocycles. The molecule has 2 amide bonds. The summed E-state index contributed by atoms with van der Waals surface area (Å²) in [6.45, 7) is 1.59. The summed E-state index contributed by atoms with van der Waals surface area (Å²) in [4.78, 5) is 35.7. The highest BCUT2D eigenvalue weighted by molar-refractivity contribution is 6.04. The van der Waals surface area contributed by atoms with Gasteiger partial charge in [-0.3, -0.25) is 14.4 Å². The van der Waals surface area contributed by atoms with Crippen LogP contribution in [0.5, 0.6) is 5.75 Å². The van der Waals surface area contributed by atoms with E-state index in [9.17, 15) is 14.4 Å². The minimum absolute atomic E-state index is 0.200. The summed E-state index contributed by atoms with van der Waals surface area (Å²) in [5.74, 6) is -0.625. The van der Waals surface area contributed by atoms with E-state index in [1.54, 1.807) is 54.6 Å². The van der Waals surface area contributed by atoms with Crippen LogP contribution in [0, 0.1) is 0 Å². The average Bonchev–Trinajstić information content (AvgIpc) is 2.72. The molecule has 146 valence electrons. The lowest BCUT2D eigenvalue weighted by Crippen LogP contribution is -2.23. The number of hydrogen-bond acceptors (Lipinski definition) is 4. The zero-order valence-electron chi connectivity index (χ0n) is 15.8. The first-order valence-electron chi connectivity index (χ1n) is 9.03. The first-order valence-corrected chi connectivity index (χ1v) is 9.03. The van der Waals surface area contributed by atoms with Crippen LogP contribution in [0.15, 0.2) is 78.9 Å². The Labute approximate surface area is 168 Å². The van der Waals surface area contributed by atoms with E-state index < -0.39 is 5.97 Å². The van der Waals surface area contributed by atoms with Crippen LogP contribution in [0.3, 0.4) is 0 Å². The second kappa shape index (κ2) is 9.32. The van der Waals surface area contributed by atoms with E-state index in [-0.39, 0.29) is 18.4 Å². The number of amides is 2. The van der Waals surface area contributed by atoms with Gasteiger partial charge in [-0.25, -0.2) is 0 Å². The summed E-state index contributed by atoms with van der Waals surface area (Å²) >= 11 is 0. The fourth-order valence-corrected chi connectivity index (χ4v) is 2.70. The van der Waals surface area contributed by atoms with Crippen molar-refractivity contribution in [3.8, 4) is 5.75 Å². The van der Waals surface area contributed by atoms with Crippen LogP contribution in [-0.2, 0) is 11.3 Å². The third-order valence-corrected chi connectivity index (χ3v) is 4.03. The molecule has 2 N–H and O–H groups in total. The molecule has 0 bridgehead atoms. The highest BCUT2D eigenvalue weighted by atomic mass is 16.5. The molecular weight excluding hydrogens is 368 g/mol. The number of carbonyl (C=O) groups is 3. The van der Waals surface area contributed by atoms with Crippen molar-refractivity contribution in [1.82, 2.24) is 5.32 Å². The molecule has 29 heavy (non-hydrogen) atoms. The Balaban J connectivity index is 1.61. The van der Waals surface area contributed by atoms with Gasteiger partial charge < -0.3 is 15.4 Å². The lowest BCUT2D eigenvalue weighted by molar-refractivity contribution is -0.131. The molecule has 6 nitrogen and oxygen atoms in total. The Morgan fingerprint density at radius 3 is 2.28 bits per heavy atom. The van der Waals surface area contributed by atoms with Crippen molar-refractivity contribution in [3.63, 3.8) is 0 Å². The number of esters is 1. The van der Waals surface area contributed by atoms with Crippen molar-refractivity contribution in [2.24, 2.45) is 0 Å². The normalized spacial score (nSPS) is 10.1. The molecule has 3 aromatic rings. The molecule has 0 unspecified atom stereocenters. The number of hydrogen-bond donors (Lipinski definition) is 2. The second-order valence-corrected chi connectivity index (χ2v) is 6.32. The van der Waals surface area contributed by atoms with Crippen molar-refractivity contribution >= 4 is 23.5 Å². The highest BCUT2D eigenvalue weighted by Gasteiger charge is 2.09. The molecule has 0 fully saturated rings. The summed E-state index contributed by atoms with van der Waals surface area (Å²) in [5.41, 5.74) is 2.43. The third-order valence-electron chi connectivity index (χ3n) is 4.03. The maximum atomic E-state index is 12.4. The fraction of sp³-hybridized carbons (Fsp3) is 0.0870. The molecule has 0 aliphatic rings. The number of benzene rings is 3. The van der Waals surface area contributed by atoms with Crippen molar-refractivity contribution in [2.45, 2.75) is 13.5 Å². The molecule has 0 saturated carbocycles. The van der Waals surface area contributed by atoms with Gasteiger partial charge in [0.15, 0.2) is 0 Å². The molecule has 0 radical (unpaired) electrons. The van der Waals surface area contributed by atoms with Crippen LogP contribution in [0.2, 0.25) is 0 Å². The Morgan fingerprint density at radius 1 is 0.793 bits per heavy atom. The lowest BCUT2D eigenvalue weighted by Gasteiger charge is -2.09. The molecule has 0 spiro atoms. The molecule has 3 aromatic carbocycles. The SMILES string of the molecule is CC(=O)Oc1cccc(C(=O)NCc2cccc(NC(=O)c3ccccc3)c2)c1. The van der Waals surface area contributed by atoms with E-state index in [4.69, 9.17) is 4.74 Å². The molecular formula is C23H20N2O4. The largest absolute Gasteiger partial charge is 0.427 e. The van der Waals surface area contributed by atoms with Gasteiger partial charge in [-0.15, -0.1) is 0 Å². The Hall–Kier alpha value is -3.93. The minimum Gasteiger partial charge on any atom is -0.427 e. The Bertz CT molecular complexity index is 1030. The molecule has 0 heterocycles. The quantitative estimate of drug-likeness (QED) is 0.497. The average molecular weight is 388 g/mol. The highest BCUT2D eigenvalue weighted by Crippen LogP contribution is 2.15. The topological polar surface area (TPSA) is 84.5 Å². The van der Waals surface area contributed by atoms with Crippen LogP contribution in [0.4, 0.5) is 5.69 Å². The monoisotopic (exact) mass is 388 g/mol. The van der Waals surface area contributed by atoms with E-state index in [2.05, 4.69) is 10.6 Å². The van der Waals surface area contributed by atoms with Gasteiger partial charge in [-0.1, -0.05) is 36.4 Å². The second-order valence-electron chi connectivity index (χ2n) is 6.32. The standard InChI is InChI=1S/C23H20N2O4/c1-16(26)29-21-12-6-10-19(14-21)22(27)24-15-17-7-5-11-20(13-17)25-23(28)18-8-3-2-4-9-18/h2-14H,15H2,1H3,(H,24,27)(H,25,28). The van der Waals surface area contributed by atoms with E-state index >= 15 is 0 Å². The summed E-state index contributed by atoms with van der Waals surface area (Å²) in [6.07, 6.45) is 0. The zero-order valence-corrected chi connectivity index (χ0v) is 15.8. The first-order chi connectivity index (χ1) is 14.0. The fourth-order valence-electron chi connectivity index (χ4n) is 2.70. The third kappa shape index (κ3) is 5.77. The van der Waals surface area contributed by atoms with Gasteiger partial charge in [0, 0.05) is 30.3 Å². The van der Waals surface area contributed by atoms with Crippen molar-refractivity contribution in [1.29, 1.82) is 0 Å². The maximum absolute atomic E-state index is 12.4. The summed E-state index contributed by atoms with van der Waals surface area (Å²) in [6, 6.07) is 22.6. The van der Waals surface area contributed by atoms with Crippen LogP contribution < -0.4 is 15.4 Å². The molecule has 0 saturated heterocycles. The molecule has 3 rings (SSSR count). The Morgan fingerprint density at radius 2 is 1.52 bits per heavy atom. The van der Waals surface area contributed by atoms with Gasteiger partial charge in [0.25, 0.3) is 11.8 Å². The number of nitrogens with one attached hydrogen (secondary N) is 2. The van der Waals surface area contributed by atoms with E-state index in [1.807, 2.05) is 18.2 Å². The van der Waals surface area contributed by atoms with Crippen LogP contribution in [0.1, 0.15) is 33.2 Å². The van der Waals surface area contributed by atoms with Gasteiger partial charge in [0.1, 0.15) is 5.75 Å². The van der Waals surface area contributed by atoms with E-state index in [1.165, 1.54) is 13.0 Å². The van der Waals surface area contributed by atoms with Gasteiger partial charge >= 0.3 is 5.97 Å². The van der Waals surface area contributed by atoms with E-state index in [0.717, 1.165) is 5.56 Å². The molecule has 6 heteroatoms. The number of rotatable bonds is 6. The number of carbonyl (C=O) groups excluding carboxylic acids is 3. The number of anilines is 1. The molecule has 0 atom stereocenters. The summed E-state index contributed by atoms with van der Waals surface area (Å²) in [7, 11) is 0. The van der Waals surface area contributed by atoms with Crippen molar-refractivity contribution < 1.29 is 19.1 Å². The smallest absolute Gasteiger partial charge is 0.308 e. The summed E-state index contributed by atoms with van der Waals surface area (Å²) < 4.78 is 5.00. The van der Waals surface area contributed by atoms with Crippen LogP contribution in [-0.4, -0.2) is 17.8 Å². The zero-order chi connectivity index (χ0) is 20.6. The van der Waals surface area contributed by atoms with Gasteiger partial charge in [0.05, 0.1) is 0 Å². The number of ether oxygens (including phenoxy) is 1. The van der Waals surface area contributed by atoms with Gasteiger partial charge in [0.2, 0.25) is 0 Å². The minimum atomic E-state index is -0.447. The predicted molar refractivity (Wildman–Crippen MR) is 110 cm³/mol. The van der Waals surface area contributed by atoms with Gasteiger partial charge in [-0.2, -0.15) is 0 Å². The van der Waals surface area contributed by atoms with Crippen molar-refractivity contribution in [3.05, 3.63) is 95.6 Å². The molecule has 0 aliphatic carbocycles. The predicted octanol–water partition coefficient (Wildman–Crippen LogP) is 3.79. The Kier molecular flexibility index (Phi) is 6.37. The first kappa shape index (κ1) is 19.8. The van der Waals surface area contributed by atoms with E-state index in [0.29, 0.717) is 22.6 Å². The molecule has 0 aliphatic heterocycles. The summed E-state index contributed by atoms with van der Waals surface area (Å²) in [5, 5.41) is 5.66.